The normalized spacial score (nSPS) is 28.6. The molecule has 2 aliphatic carbocycles. The van der Waals surface area contributed by atoms with Crippen LogP contribution in [0, 0.1) is 23.7 Å². The van der Waals surface area contributed by atoms with Gasteiger partial charge >= 0.3 is 17.9 Å². The van der Waals surface area contributed by atoms with Gasteiger partial charge in [0.1, 0.15) is 6.61 Å². The lowest BCUT2D eigenvalue weighted by molar-refractivity contribution is -0.155. The first-order valence-corrected chi connectivity index (χ1v) is 8.76. The maximum absolute atomic E-state index is 12.1. The molecule has 0 radical (unpaired) electrons. The highest BCUT2D eigenvalue weighted by molar-refractivity contribution is 5.79. The van der Waals surface area contributed by atoms with Gasteiger partial charge in [-0.2, -0.15) is 0 Å². The van der Waals surface area contributed by atoms with Crippen LogP contribution in [-0.2, 0) is 19.1 Å². The van der Waals surface area contributed by atoms with Crippen LogP contribution in [0.1, 0.15) is 51.4 Å². The number of rotatable bonds is 6. The summed E-state index contributed by atoms with van der Waals surface area (Å²) in [6.45, 7) is 0.168. The van der Waals surface area contributed by atoms with Crippen LogP contribution in [0.15, 0.2) is 12.2 Å². The average molecular weight is 338 g/mol. The Hall–Kier alpha value is -1.85. The van der Waals surface area contributed by atoms with Crippen molar-refractivity contribution in [2.24, 2.45) is 23.7 Å². The molecular weight excluding hydrogens is 312 g/mol. The molecule has 0 amide bonds. The first kappa shape index (κ1) is 18.5. The topological polar surface area (TPSA) is 101 Å². The van der Waals surface area contributed by atoms with Crippen LogP contribution in [0.2, 0.25) is 0 Å². The zero-order valence-corrected chi connectivity index (χ0v) is 13.9. The molecule has 2 N–H and O–H groups in total. The van der Waals surface area contributed by atoms with Crippen molar-refractivity contribution in [3.63, 3.8) is 0 Å². The molecule has 2 atom stereocenters. The lowest BCUT2D eigenvalue weighted by Crippen LogP contribution is -2.35. The SMILES string of the molecule is O=C(O)C1CC(C(=O)O)CC(C(=O)OCC=CC2CCCCC2)C1. The van der Waals surface area contributed by atoms with Crippen molar-refractivity contribution in [2.45, 2.75) is 51.4 Å². The Labute approximate surface area is 141 Å². The number of carboxylic acids is 2. The third kappa shape index (κ3) is 5.35. The van der Waals surface area contributed by atoms with Gasteiger partial charge in [0.25, 0.3) is 0 Å². The van der Waals surface area contributed by atoms with Crippen LogP contribution >= 0.6 is 0 Å². The zero-order valence-electron chi connectivity index (χ0n) is 13.9. The second kappa shape index (κ2) is 8.85. The molecule has 2 fully saturated rings. The molecule has 2 rings (SSSR count). The van der Waals surface area contributed by atoms with Crippen molar-refractivity contribution in [2.75, 3.05) is 6.61 Å². The Balaban J connectivity index is 1.82. The summed E-state index contributed by atoms with van der Waals surface area (Å²) in [6, 6.07) is 0. The van der Waals surface area contributed by atoms with Crippen LogP contribution in [0.3, 0.4) is 0 Å². The van der Waals surface area contributed by atoms with Crippen molar-refractivity contribution < 1.29 is 29.3 Å². The van der Waals surface area contributed by atoms with E-state index in [9.17, 15) is 14.4 Å². The summed E-state index contributed by atoms with van der Waals surface area (Å²) in [5, 5.41) is 18.3. The minimum Gasteiger partial charge on any atom is -0.481 e. The first-order chi connectivity index (χ1) is 11.5. The minimum atomic E-state index is -1.05. The highest BCUT2D eigenvalue weighted by Gasteiger charge is 2.39. The standard InChI is InChI=1S/C18H26O6/c19-16(20)13-9-14(17(21)22)11-15(10-13)18(23)24-8-4-7-12-5-2-1-3-6-12/h4,7,12-15H,1-3,5-6,8-11H2,(H,19,20)(H,21,22). The van der Waals surface area contributed by atoms with Crippen molar-refractivity contribution in [1.82, 2.24) is 0 Å². The van der Waals surface area contributed by atoms with E-state index in [1.165, 1.54) is 32.1 Å². The number of carbonyl (C=O) groups excluding carboxylic acids is 1. The Morgan fingerprint density at radius 1 is 0.875 bits per heavy atom. The molecule has 6 nitrogen and oxygen atoms in total. The van der Waals surface area contributed by atoms with E-state index in [0.29, 0.717) is 5.92 Å². The van der Waals surface area contributed by atoms with Crippen molar-refractivity contribution in [3.05, 3.63) is 12.2 Å². The molecule has 6 heteroatoms. The predicted molar refractivity (Wildman–Crippen MR) is 86.3 cm³/mol. The fourth-order valence-corrected chi connectivity index (χ4v) is 3.74. The third-order valence-corrected chi connectivity index (χ3v) is 5.12. The number of carbonyl (C=O) groups is 3. The maximum atomic E-state index is 12.1. The van der Waals surface area contributed by atoms with Crippen molar-refractivity contribution >= 4 is 17.9 Å². The molecular formula is C18H26O6. The van der Waals surface area contributed by atoms with Gasteiger partial charge in [0.2, 0.25) is 0 Å². The van der Waals surface area contributed by atoms with Crippen LogP contribution in [-0.4, -0.2) is 34.7 Å². The van der Waals surface area contributed by atoms with Gasteiger partial charge < -0.3 is 14.9 Å². The van der Waals surface area contributed by atoms with Gasteiger partial charge in [0.05, 0.1) is 17.8 Å². The van der Waals surface area contributed by atoms with Crippen LogP contribution in [0.4, 0.5) is 0 Å². The number of esters is 1. The lowest BCUT2D eigenvalue weighted by atomic mass is 9.75. The highest BCUT2D eigenvalue weighted by Crippen LogP contribution is 2.34. The van der Waals surface area contributed by atoms with E-state index >= 15 is 0 Å². The lowest BCUT2D eigenvalue weighted by Gasteiger charge is -2.29. The van der Waals surface area contributed by atoms with E-state index in [0.717, 1.165) is 0 Å². The summed E-state index contributed by atoms with van der Waals surface area (Å²) >= 11 is 0. The van der Waals surface area contributed by atoms with Crippen molar-refractivity contribution in [3.8, 4) is 0 Å². The number of carboxylic acid groups (broad SMARTS) is 2. The fraction of sp³-hybridized carbons (Fsp3) is 0.722. The summed E-state index contributed by atoms with van der Waals surface area (Å²) in [6.07, 6.45) is 10.4. The molecule has 0 aromatic carbocycles. The van der Waals surface area contributed by atoms with Gasteiger partial charge in [-0.25, -0.2) is 0 Å². The van der Waals surface area contributed by atoms with Gasteiger partial charge in [0.15, 0.2) is 0 Å². The Morgan fingerprint density at radius 3 is 1.96 bits per heavy atom. The molecule has 0 aromatic heterocycles. The molecule has 0 aromatic rings. The third-order valence-electron chi connectivity index (χ3n) is 5.12. The largest absolute Gasteiger partial charge is 0.481 e. The monoisotopic (exact) mass is 338 g/mol. The molecule has 0 bridgehead atoms. The second-order valence-corrected chi connectivity index (χ2v) is 6.93. The maximum Gasteiger partial charge on any atom is 0.309 e. The number of aliphatic carboxylic acids is 2. The van der Waals surface area contributed by atoms with E-state index < -0.39 is 35.7 Å². The van der Waals surface area contributed by atoms with E-state index in [1.807, 2.05) is 6.08 Å². The first-order valence-electron chi connectivity index (χ1n) is 8.76. The van der Waals surface area contributed by atoms with Crippen LogP contribution in [0.5, 0.6) is 0 Å². The number of ether oxygens (including phenoxy) is 1. The fourth-order valence-electron chi connectivity index (χ4n) is 3.74. The van der Waals surface area contributed by atoms with Crippen molar-refractivity contribution in [1.29, 1.82) is 0 Å². The van der Waals surface area contributed by atoms with Gasteiger partial charge in [-0.3, -0.25) is 14.4 Å². The van der Waals surface area contributed by atoms with Gasteiger partial charge in [-0.05, 0) is 38.0 Å². The Bertz CT molecular complexity index is 470. The summed E-state index contributed by atoms with van der Waals surface area (Å²) in [5.74, 6) is -4.26. The summed E-state index contributed by atoms with van der Waals surface area (Å²) in [4.78, 5) is 34.5. The zero-order chi connectivity index (χ0) is 17.5. The van der Waals surface area contributed by atoms with E-state index in [-0.39, 0.29) is 25.9 Å². The number of hydrogen-bond acceptors (Lipinski definition) is 4. The molecule has 2 saturated carbocycles. The average Bonchev–Trinajstić information content (AvgIpc) is 2.59. The molecule has 0 spiro atoms. The highest BCUT2D eigenvalue weighted by atomic mass is 16.5. The Kier molecular flexibility index (Phi) is 6.82. The summed E-state index contributed by atoms with van der Waals surface area (Å²) < 4.78 is 5.22. The van der Waals surface area contributed by atoms with E-state index in [2.05, 4.69) is 6.08 Å². The molecule has 134 valence electrons. The van der Waals surface area contributed by atoms with Gasteiger partial charge in [-0.1, -0.05) is 31.4 Å². The predicted octanol–water partition coefficient (Wildman–Crippen LogP) is 2.87. The number of allylic oxidation sites excluding steroid dienone is 1. The molecule has 2 unspecified atom stereocenters. The smallest absolute Gasteiger partial charge is 0.309 e. The minimum absolute atomic E-state index is 0.0794. The Morgan fingerprint density at radius 2 is 1.42 bits per heavy atom. The summed E-state index contributed by atoms with van der Waals surface area (Å²) in [5.41, 5.74) is 0. The molecule has 0 heterocycles. The van der Waals surface area contributed by atoms with Crippen LogP contribution < -0.4 is 0 Å². The number of hydrogen-bond donors (Lipinski definition) is 2. The molecule has 0 saturated heterocycles. The van der Waals surface area contributed by atoms with Crippen LogP contribution in [0.25, 0.3) is 0 Å². The molecule has 0 aliphatic heterocycles. The van der Waals surface area contributed by atoms with E-state index in [1.54, 1.807) is 0 Å². The quantitative estimate of drug-likeness (QED) is 0.570. The van der Waals surface area contributed by atoms with Gasteiger partial charge in [-0.15, -0.1) is 0 Å². The van der Waals surface area contributed by atoms with Gasteiger partial charge in [0, 0.05) is 0 Å². The second-order valence-electron chi connectivity index (χ2n) is 6.93. The van der Waals surface area contributed by atoms with E-state index in [4.69, 9.17) is 14.9 Å². The molecule has 2 aliphatic rings. The summed E-state index contributed by atoms with van der Waals surface area (Å²) in [7, 11) is 0. The molecule has 24 heavy (non-hydrogen) atoms.